The average molecular weight is 722 g/mol. The first-order chi connectivity index (χ1) is 26.6. The van der Waals surface area contributed by atoms with Gasteiger partial charge in [0.1, 0.15) is 0 Å². The fourth-order valence-corrected chi connectivity index (χ4v) is 9.41. The Morgan fingerprint density at radius 3 is 2.35 bits per heavy atom. The van der Waals surface area contributed by atoms with E-state index in [1.165, 1.54) is 42.0 Å². The molecule has 1 unspecified atom stereocenters. The van der Waals surface area contributed by atoms with E-state index < -0.39 is 0 Å². The zero-order valence-corrected chi connectivity index (χ0v) is 31.8. The molecule has 4 heterocycles. The quantitative estimate of drug-likeness (QED) is 0.167. The summed E-state index contributed by atoms with van der Waals surface area (Å²) in [4.78, 5) is 9.18. The van der Waals surface area contributed by atoms with Gasteiger partial charge < -0.3 is 14.9 Å². The van der Waals surface area contributed by atoms with Gasteiger partial charge in [-0.25, -0.2) is 0 Å². The summed E-state index contributed by atoms with van der Waals surface area (Å²) in [7, 11) is 0. The van der Waals surface area contributed by atoms with E-state index in [0.29, 0.717) is 0 Å². The van der Waals surface area contributed by atoms with Crippen LogP contribution in [-0.4, -0.2) is 19.8 Å². The summed E-state index contributed by atoms with van der Waals surface area (Å²) in [6.07, 6.45) is 18.3. The van der Waals surface area contributed by atoms with Crippen LogP contribution in [0.25, 0.3) is 81.6 Å². The molecule has 1 aliphatic carbocycles. The predicted octanol–water partition coefficient (Wildman–Crippen LogP) is 13.4. The Bertz CT molecular complexity index is 2860. The van der Waals surface area contributed by atoms with Crippen LogP contribution in [0.5, 0.6) is 0 Å². The Morgan fingerprint density at radius 2 is 1.61 bits per heavy atom. The number of allylic oxidation sites excluding steroid dienone is 6. The molecule has 8 aromatic rings. The molecule has 0 fully saturated rings. The Labute approximate surface area is 320 Å². The van der Waals surface area contributed by atoms with Crippen LogP contribution in [0.4, 0.5) is 5.69 Å². The molecule has 0 saturated heterocycles. The number of nitrogen functional groups attached to an aromatic ring is 1. The highest BCUT2D eigenvalue weighted by atomic mass is 32.1. The number of para-hydroxylation sites is 1. The molecule has 4 aromatic heterocycles. The molecule has 0 amide bonds. The lowest BCUT2D eigenvalue weighted by molar-refractivity contribution is 0.764. The largest absolute Gasteiger partial charge is 0.396 e. The summed E-state index contributed by atoms with van der Waals surface area (Å²) >= 11 is 1.84. The molecule has 6 heteroatoms. The molecular weight excluding hydrogens is 679 g/mol. The van der Waals surface area contributed by atoms with E-state index in [9.17, 15) is 0 Å². The fourth-order valence-electron chi connectivity index (χ4n) is 7.99. The number of rotatable bonds is 7. The fraction of sp³-hybridized carbons (Fsp3) is 0.125. The number of aromatic nitrogens is 3. The van der Waals surface area contributed by atoms with E-state index in [1.807, 2.05) is 62.6 Å². The highest BCUT2D eigenvalue weighted by Crippen LogP contribution is 2.48. The zero-order chi connectivity index (χ0) is 37.3. The van der Waals surface area contributed by atoms with Gasteiger partial charge in [0.25, 0.3) is 0 Å². The van der Waals surface area contributed by atoms with Gasteiger partial charge in [-0.05, 0) is 80.5 Å². The molecule has 5 nitrogen and oxygen atoms in total. The standard InChI is InChI=1S/C46H37N5S.C2H6/c1-4-14-41-44(47)43-40(51(41)32-18-13-16-30(28-32)37-20-11-12-26-49-37)25-23-34-33-22-24-39-42(45(33)52-46(34)43)35-19-9-10-21-38(35)50(39)31-17-8-7-15-29(27-31)36(5-2)48-6-3;1-2/h4-6,8-14,16-29H,2-3,7,15,47H2,1H3;1-2H3/b14-4-,48-36?;. The molecule has 9 rings (SSSR count). The molecule has 1 aliphatic rings. The minimum absolute atomic E-state index is 0.140. The number of aliphatic imine (C=N–C) groups is 1. The van der Waals surface area contributed by atoms with Crippen LogP contribution in [0.3, 0.4) is 0 Å². The number of nitrogens with two attached hydrogens (primary N) is 1. The smallest absolute Gasteiger partial charge is 0.0702 e. The van der Waals surface area contributed by atoms with Crippen molar-refractivity contribution in [1.29, 1.82) is 0 Å². The summed E-state index contributed by atoms with van der Waals surface area (Å²) < 4.78 is 7.17. The minimum Gasteiger partial charge on any atom is -0.396 e. The molecule has 0 radical (unpaired) electrons. The maximum Gasteiger partial charge on any atom is 0.0702 e. The number of hydrogen-bond acceptors (Lipinski definition) is 4. The van der Waals surface area contributed by atoms with Crippen LogP contribution in [0.15, 0.2) is 152 Å². The lowest BCUT2D eigenvalue weighted by Crippen LogP contribution is -2.10. The van der Waals surface area contributed by atoms with Crippen molar-refractivity contribution in [2.75, 3.05) is 5.73 Å². The molecule has 266 valence electrons. The lowest BCUT2D eigenvalue weighted by atomic mass is 9.97. The summed E-state index contributed by atoms with van der Waals surface area (Å²) in [5, 5.41) is 6.04. The van der Waals surface area contributed by atoms with Crippen LogP contribution in [0.1, 0.15) is 39.3 Å². The van der Waals surface area contributed by atoms with Crippen molar-refractivity contribution in [3.8, 4) is 16.9 Å². The van der Waals surface area contributed by atoms with Crippen molar-refractivity contribution in [3.05, 3.63) is 153 Å². The van der Waals surface area contributed by atoms with E-state index in [0.717, 1.165) is 63.5 Å². The molecular formula is C48H43N5S. The average Bonchev–Trinajstić information content (AvgIpc) is 3.78. The van der Waals surface area contributed by atoms with Gasteiger partial charge in [0.2, 0.25) is 0 Å². The zero-order valence-electron chi connectivity index (χ0n) is 31.0. The number of thiophene rings is 1. The Balaban J connectivity index is 0.00000203. The second kappa shape index (κ2) is 14.6. The van der Waals surface area contributed by atoms with Crippen molar-refractivity contribution in [3.63, 3.8) is 0 Å². The normalized spacial score (nSPS) is 14.9. The maximum absolute atomic E-state index is 7.17. The van der Waals surface area contributed by atoms with E-state index in [-0.39, 0.29) is 5.92 Å². The topological polar surface area (TPSA) is 61.1 Å². The Hall–Kier alpha value is -6.24. The highest BCUT2D eigenvalue weighted by molar-refractivity contribution is 7.27. The Morgan fingerprint density at radius 1 is 0.852 bits per heavy atom. The van der Waals surface area contributed by atoms with Crippen molar-refractivity contribution in [1.82, 2.24) is 14.1 Å². The van der Waals surface area contributed by atoms with Crippen LogP contribution < -0.4 is 5.73 Å². The third-order valence-corrected chi connectivity index (χ3v) is 11.5. The number of fused-ring (bicyclic) bond motifs is 9. The van der Waals surface area contributed by atoms with Gasteiger partial charge in [0.15, 0.2) is 0 Å². The first-order valence-corrected chi connectivity index (χ1v) is 19.5. The molecule has 54 heavy (non-hydrogen) atoms. The van der Waals surface area contributed by atoms with Gasteiger partial charge >= 0.3 is 0 Å². The number of hydrogen-bond donors (Lipinski definition) is 1. The van der Waals surface area contributed by atoms with Gasteiger partial charge in [0, 0.05) is 77.3 Å². The predicted molar refractivity (Wildman–Crippen MR) is 237 cm³/mol. The molecule has 0 aliphatic heterocycles. The van der Waals surface area contributed by atoms with E-state index in [4.69, 9.17) is 5.73 Å². The third kappa shape index (κ3) is 5.62. The van der Waals surface area contributed by atoms with Crippen LogP contribution in [-0.2, 0) is 0 Å². The SMILES string of the molecule is C=CN=C(C=C)C1C=C(n2c3ccccc3c3c4sc5c(ccc6c5c(N)c(/C=C\C)n6-c5cccc(-c6ccccn6)c5)c4ccc32)C=CCC1.CC. The number of benzene rings is 4. The van der Waals surface area contributed by atoms with Gasteiger partial charge in [-0.3, -0.25) is 9.98 Å². The molecule has 0 spiro atoms. The number of anilines is 1. The maximum atomic E-state index is 7.17. The van der Waals surface area contributed by atoms with Crippen LogP contribution in [0, 0.1) is 5.92 Å². The lowest BCUT2D eigenvalue weighted by Gasteiger charge is -2.14. The second-order valence-electron chi connectivity index (χ2n) is 13.1. The van der Waals surface area contributed by atoms with Crippen LogP contribution in [0.2, 0.25) is 0 Å². The second-order valence-corrected chi connectivity index (χ2v) is 14.2. The van der Waals surface area contributed by atoms with Gasteiger partial charge in [-0.1, -0.05) is 93.8 Å². The Kier molecular flexibility index (Phi) is 9.45. The minimum atomic E-state index is 0.140. The van der Waals surface area contributed by atoms with E-state index in [2.05, 4.69) is 135 Å². The molecule has 2 N–H and O–H groups in total. The van der Waals surface area contributed by atoms with Crippen molar-refractivity contribution < 1.29 is 0 Å². The monoisotopic (exact) mass is 721 g/mol. The van der Waals surface area contributed by atoms with E-state index >= 15 is 0 Å². The number of nitrogens with zero attached hydrogens (tertiary/aromatic N) is 4. The molecule has 4 aromatic carbocycles. The highest BCUT2D eigenvalue weighted by Gasteiger charge is 2.23. The van der Waals surface area contributed by atoms with Gasteiger partial charge in [-0.2, -0.15) is 0 Å². The molecule has 0 bridgehead atoms. The van der Waals surface area contributed by atoms with Crippen molar-refractivity contribution in [2.45, 2.75) is 33.6 Å². The molecule has 0 saturated carbocycles. The first-order valence-electron chi connectivity index (χ1n) is 18.7. The third-order valence-electron chi connectivity index (χ3n) is 10.2. The van der Waals surface area contributed by atoms with Crippen LogP contribution >= 0.6 is 11.3 Å². The number of pyridine rings is 1. The summed E-state index contributed by atoms with van der Waals surface area (Å²) in [6, 6.07) is 32.4. The summed E-state index contributed by atoms with van der Waals surface area (Å²) in [5.41, 5.74) is 17.5. The molecule has 1 atom stereocenters. The summed E-state index contributed by atoms with van der Waals surface area (Å²) in [5.74, 6) is 0.140. The van der Waals surface area contributed by atoms with Crippen molar-refractivity contribution >= 4 is 87.4 Å². The van der Waals surface area contributed by atoms with Crippen molar-refractivity contribution in [2.24, 2.45) is 10.9 Å². The van der Waals surface area contributed by atoms with Gasteiger partial charge in [-0.15, -0.1) is 11.3 Å². The first kappa shape index (κ1) is 34.8. The van der Waals surface area contributed by atoms with E-state index in [1.54, 1.807) is 6.20 Å². The van der Waals surface area contributed by atoms with Gasteiger partial charge in [0.05, 0.1) is 33.6 Å². The summed E-state index contributed by atoms with van der Waals surface area (Å²) in [6.45, 7) is 13.9.